The number of nitrogens with zero attached hydrogens (tertiary/aromatic N) is 5. The first-order valence-corrected chi connectivity index (χ1v) is 30.5. The number of halogens is 4. The van der Waals surface area contributed by atoms with Gasteiger partial charge in [-0.15, -0.1) is 0 Å². The molecule has 3 aliphatic heterocycles. The van der Waals surface area contributed by atoms with Gasteiger partial charge in [0.05, 0.1) is 41.8 Å². The quantitative estimate of drug-likeness (QED) is 0.0983. The Kier molecular flexibility index (Phi) is 19.0. The molecule has 7 aliphatic rings. The summed E-state index contributed by atoms with van der Waals surface area (Å²) in [6.45, 7) is 3.25. The van der Waals surface area contributed by atoms with E-state index in [0.29, 0.717) is 88.7 Å². The number of rotatable bonds is 19. The third kappa shape index (κ3) is 14.1. The average Bonchev–Trinajstić information content (AvgIpc) is 4.37. The number of piperidine rings is 1. The van der Waals surface area contributed by atoms with Gasteiger partial charge in [-0.2, -0.15) is 13.2 Å². The van der Waals surface area contributed by atoms with Crippen molar-refractivity contribution in [1.82, 2.24) is 40.6 Å². The normalized spacial score (nSPS) is 28.2. The fourth-order valence-corrected chi connectivity index (χ4v) is 14.8. The van der Waals surface area contributed by atoms with Crippen molar-refractivity contribution >= 4 is 45.5 Å². The molecule has 5 heterocycles. The molecule has 5 atom stereocenters. The van der Waals surface area contributed by atoms with Gasteiger partial charge in [0.15, 0.2) is 0 Å². The number of pyridine rings is 2. The van der Waals surface area contributed by atoms with E-state index in [1.54, 1.807) is 29.2 Å². The largest absolute Gasteiger partial charge is 0.417 e. The molecule has 0 spiro atoms. The molecular formula is C61H80BrF3N8O7. The van der Waals surface area contributed by atoms with Crippen molar-refractivity contribution in [2.45, 2.75) is 184 Å². The van der Waals surface area contributed by atoms with Crippen LogP contribution < -0.4 is 16.0 Å². The highest BCUT2D eigenvalue weighted by Crippen LogP contribution is 2.48. The van der Waals surface area contributed by atoms with Crippen molar-refractivity contribution in [2.75, 3.05) is 46.4 Å². The lowest BCUT2D eigenvalue weighted by Crippen LogP contribution is -2.47. The van der Waals surface area contributed by atoms with Gasteiger partial charge >= 0.3 is 6.18 Å². The highest BCUT2D eigenvalue weighted by molar-refractivity contribution is 9.10. The number of hydrogen-bond acceptors (Lipinski definition) is 10. The Labute approximate surface area is 477 Å². The molecule has 3 aromatic rings. The maximum Gasteiger partial charge on any atom is 0.417 e. The van der Waals surface area contributed by atoms with Gasteiger partial charge < -0.3 is 40.1 Å². The van der Waals surface area contributed by atoms with Crippen molar-refractivity contribution < 1.29 is 46.6 Å². The van der Waals surface area contributed by atoms with Gasteiger partial charge in [-0.25, -0.2) is 0 Å². The molecule has 3 N–H and O–H groups in total. The Morgan fingerprint density at radius 3 is 2.34 bits per heavy atom. The minimum atomic E-state index is -4.51. The summed E-state index contributed by atoms with van der Waals surface area (Å²) in [6, 6.07) is 11.4. The number of likely N-dealkylation sites (tertiary alicyclic amines) is 2. The molecule has 5 amide bonds. The summed E-state index contributed by atoms with van der Waals surface area (Å²) in [5.41, 5.74) is 3.21. The minimum Gasteiger partial charge on any atom is -0.378 e. The van der Waals surface area contributed by atoms with E-state index in [1.807, 2.05) is 17.0 Å². The fraction of sp³-hybridized carbons (Fsp3) is 0.656. The summed E-state index contributed by atoms with van der Waals surface area (Å²) < 4.78 is 54.5. The summed E-state index contributed by atoms with van der Waals surface area (Å²) in [7, 11) is 1.73. The zero-order valence-electron chi connectivity index (χ0n) is 46.3. The van der Waals surface area contributed by atoms with E-state index in [1.165, 1.54) is 17.2 Å². The lowest BCUT2D eigenvalue weighted by atomic mass is 9.76. The maximum absolute atomic E-state index is 14.9. The van der Waals surface area contributed by atoms with Gasteiger partial charge in [0.2, 0.25) is 29.5 Å². The Hall–Kier alpha value is -4.98. The van der Waals surface area contributed by atoms with Gasteiger partial charge in [-0.05, 0) is 168 Å². The Balaban J connectivity index is 0.607. The van der Waals surface area contributed by atoms with Gasteiger partial charge in [0.1, 0.15) is 0 Å². The van der Waals surface area contributed by atoms with E-state index in [9.17, 15) is 37.1 Å². The zero-order valence-corrected chi connectivity index (χ0v) is 47.9. The van der Waals surface area contributed by atoms with Crippen LogP contribution in [0.1, 0.15) is 168 Å². The molecule has 2 saturated heterocycles. The van der Waals surface area contributed by atoms with Crippen molar-refractivity contribution in [1.29, 1.82) is 0 Å². The number of nitrogens with one attached hydrogen (secondary N) is 3. The van der Waals surface area contributed by atoms with Crippen LogP contribution in [0.2, 0.25) is 0 Å². The number of carbonyl (C=O) groups excluding carboxylic acids is 5. The second-order valence-corrected chi connectivity index (χ2v) is 25.0. The third-order valence-electron chi connectivity index (χ3n) is 19.0. The summed E-state index contributed by atoms with van der Waals surface area (Å²) >= 11 is 3.62. The molecule has 0 bridgehead atoms. The van der Waals surface area contributed by atoms with Crippen LogP contribution in [0.15, 0.2) is 59.5 Å². The Bertz CT molecular complexity index is 2660. The van der Waals surface area contributed by atoms with Gasteiger partial charge in [0.25, 0.3) is 0 Å². The van der Waals surface area contributed by atoms with E-state index < -0.39 is 23.1 Å². The van der Waals surface area contributed by atoms with Crippen molar-refractivity contribution in [3.8, 4) is 0 Å². The predicted octanol–water partition coefficient (Wildman–Crippen LogP) is 9.11. The first-order chi connectivity index (χ1) is 38.6. The molecule has 0 unspecified atom stereocenters. The Morgan fingerprint density at radius 1 is 0.838 bits per heavy atom. The Morgan fingerprint density at radius 2 is 1.60 bits per heavy atom. The van der Waals surface area contributed by atoms with Crippen LogP contribution in [0.25, 0.3) is 0 Å². The summed E-state index contributed by atoms with van der Waals surface area (Å²) in [6.07, 6.45) is 15.8. The molecule has 3 saturated carbocycles. The number of carbonyl (C=O) groups is 5. The number of hydrogen-bond donors (Lipinski definition) is 3. The zero-order chi connectivity index (χ0) is 56.0. The molecule has 434 valence electrons. The summed E-state index contributed by atoms with van der Waals surface area (Å²) in [4.78, 5) is 81.1. The topological polar surface area (TPSA) is 175 Å². The smallest absolute Gasteiger partial charge is 0.378 e. The van der Waals surface area contributed by atoms with Gasteiger partial charge in [-0.3, -0.25) is 33.9 Å². The second-order valence-electron chi connectivity index (χ2n) is 24.1. The van der Waals surface area contributed by atoms with Crippen molar-refractivity contribution in [3.05, 3.63) is 93.0 Å². The summed E-state index contributed by atoms with van der Waals surface area (Å²) in [5.74, 6) is -0.0826. The van der Waals surface area contributed by atoms with Crippen LogP contribution in [0.3, 0.4) is 0 Å². The molecule has 0 radical (unpaired) electrons. The average molecular weight is 1170 g/mol. The highest BCUT2D eigenvalue weighted by Gasteiger charge is 2.49. The number of aromatic nitrogens is 2. The molecular weight excluding hydrogens is 1090 g/mol. The third-order valence-corrected chi connectivity index (χ3v) is 19.5. The SMILES string of the molecule is CN1C(=O)C[C@H](C(=O)NCCOC2CCC(OCCCC(=O)NC3CCC(C(=O)N4CCC(CC[C@]5(C(=O)N6CCc7ncc(C(F)(F)F)cc7C6)CC[C@@H](N[C@@H]6CCc7cc(Br)ccc76)C5)CC4)CC3)CC2)[C@H]1c1cccnc1. The van der Waals surface area contributed by atoms with E-state index in [4.69, 9.17) is 9.47 Å². The number of aryl methyl sites for hydroxylation is 1. The molecule has 2 aromatic heterocycles. The number of fused-ring (bicyclic) bond motifs is 2. The van der Waals surface area contributed by atoms with Crippen LogP contribution in [-0.4, -0.2) is 125 Å². The van der Waals surface area contributed by atoms with E-state index in [0.717, 1.165) is 113 Å². The molecule has 1 aromatic carbocycles. The molecule has 19 heteroatoms. The molecule has 80 heavy (non-hydrogen) atoms. The van der Waals surface area contributed by atoms with Crippen molar-refractivity contribution in [2.24, 2.45) is 23.2 Å². The van der Waals surface area contributed by atoms with Crippen LogP contribution in [0, 0.1) is 23.2 Å². The first-order valence-electron chi connectivity index (χ1n) is 29.7. The number of ether oxygens (including phenoxy) is 2. The molecule has 5 fully saturated rings. The lowest BCUT2D eigenvalue weighted by molar-refractivity contribution is -0.144. The van der Waals surface area contributed by atoms with Crippen LogP contribution in [-0.2, 0) is 59.0 Å². The monoisotopic (exact) mass is 1170 g/mol. The van der Waals surface area contributed by atoms with E-state index in [2.05, 4.69) is 60.0 Å². The maximum atomic E-state index is 14.9. The second kappa shape index (κ2) is 26.1. The van der Waals surface area contributed by atoms with E-state index in [-0.39, 0.29) is 84.8 Å². The standard InChI is InChI=1S/C61H80BrF3N8O7/c1-71-55(75)34-51(56(71)42-4-2-25-66-36-42)57(76)67-26-31-80-49-14-12-48(13-15-49)79-30-3-5-54(74)70-46-10-6-40(7-11-46)58(77)72-27-20-39(21-28-72)18-23-60(24-19-47(35-60)69-53-17-8-41-33-45(62)9-16-50(41)53)59(78)73-29-22-52-43(38-73)32-44(37-68-52)61(63,64)65/h2,4,9,16,25,32-33,36-37,39-40,46-49,51,53,56,69H,3,5-8,10-15,17-24,26-31,34-35,38H2,1H3,(H,67,76)(H,70,74)/t40?,46?,47-,48?,49?,51+,53-,56-,60+/m1/s1. The number of alkyl halides is 3. The minimum absolute atomic E-state index is 0.0212. The summed E-state index contributed by atoms with van der Waals surface area (Å²) in [5, 5.41) is 10.1. The van der Waals surface area contributed by atoms with Gasteiger partial charge in [-0.1, -0.05) is 28.1 Å². The highest BCUT2D eigenvalue weighted by atomic mass is 79.9. The molecule has 4 aliphatic carbocycles. The molecule has 10 rings (SSSR count). The fourth-order valence-electron chi connectivity index (χ4n) is 14.4. The number of benzene rings is 1. The number of amides is 5. The predicted molar refractivity (Wildman–Crippen MR) is 297 cm³/mol. The first kappa shape index (κ1) is 58.2. The van der Waals surface area contributed by atoms with Crippen LogP contribution >= 0.6 is 15.9 Å². The van der Waals surface area contributed by atoms with E-state index >= 15 is 0 Å². The lowest BCUT2D eigenvalue weighted by Gasteiger charge is -2.39. The van der Waals surface area contributed by atoms with Crippen molar-refractivity contribution in [3.63, 3.8) is 0 Å². The van der Waals surface area contributed by atoms with Crippen LogP contribution in [0.5, 0.6) is 0 Å². The van der Waals surface area contributed by atoms with Gasteiger partial charge in [0, 0.05) is 118 Å². The molecule has 15 nitrogen and oxygen atoms in total. The van der Waals surface area contributed by atoms with Crippen LogP contribution in [0.4, 0.5) is 13.2 Å².